The number of Topliss-reactive ketones (excluding diaryl/α,β-unsaturated/α-hetero) is 1. The van der Waals surface area contributed by atoms with Crippen LogP contribution >= 0.6 is 11.6 Å². The summed E-state index contributed by atoms with van der Waals surface area (Å²) in [7, 11) is 0. The Morgan fingerprint density at radius 1 is 1.16 bits per heavy atom. The lowest BCUT2D eigenvalue weighted by Gasteiger charge is -2.01. The molecule has 1 heterocycles. The Balaban J connectivity index is 2.34. The van der Waals surface area contributed by atoms with E-state index in [0.717, 1.165) is 21.7 Å². The second kappa shape index (κ2) is 4.39. The molecule has 0 N–H and O–H groups in total. The molecule has 1 aromatic heterocycles. The number of ketones is 1. The highest BCUT2D eigenvalue weighted by Gasteiger charge is 2.17. The topological polar surface area (TPSA) is 30.2 Å². The SMILES string of the molecule is CC(C)C(=O)c1cc2cc(Cl)c3ccccc3c2o1. The zero-order valence-electron chi connectivity index (χ0n) is 10.7. The van der Waals surface area contributed by atoms with E-state index in [4.69, 9.17) is 16.0 Å². The maximum absolute atomic E-state index is 12.0. The average Bonchev–Trinajstić information content (AvgIpc) is 2.82. The lowest BCUT2D eigenvalue weighted by Crippen LogP contribution is -2.05. The molecule has 0 saturated heterocycles. The highest BCUT2D eigenvalue weighted by molar-refractivity contribution is 6.37. The summed E-state index contributed by atoms with van der Waals surface area (Å²) in [6.45, 7) is 3.72. The fraction of sp³-hybridized carbons (Fsp3) is 0.188. The van der Waals surface area contributed by atoms with E-state index in [9.17, 15) is 4.79 Å². The number of hydrogen-bond acceptors (Lipinski definition) is 2. The smallest absolute Gasteiger partial charge is 0.200 e. The van der Waals surface area contributed by atoms with Crippen molar-refractivity contribution in [2.24, 2.45) is 5.92 Å². The molecule has 2 aromatic carbocycles. The number of rotatable bonds is 2. The number of fused-ring (bicyclic) bond motifs is 3. The standard InChI is InChI=1S/C16H13ClO2/c1-9(2)15(18)14-8-10-7-13(17)11-5-3-4-6-12(11)16(10)19-14/h3-9H,1-2H3. The van der Waals surface area contributed by atoms with Crippen LogP contribution in [-0.2, 0) is 0 Å². The first-order valence-corrected chi connectivity index (χ1v) is 6.60. The summed E-state index contributed by atoms with van der Waals surface area (Å²) >= 11 is 6.26. The second-order valence-electron chi connectivity index (χ2n) is 4.95. The van der Waals surface area contributed by atoms with Crippen molar-refractivity contribution in [3.63, 3.8) is 0 Å². The number of halogens is 1. The predicted molar refractivity (Wildman–Crippen MR) is 77.9 cm³/mol. The van der Waals surface area contributed by atoms with Crippen molar-refractivity contribution >= 4 is 39.1 Å². The van der Waals surface area contributed by atoms with E-state index < -0.39 is 0 Å². The van der Waals surface area contributed by atoms with Gasteiger partial charge in [0, 0.05) is 27.1 Å². The van der Waals surface area contributed by atoms with Gasteiger partial charge in [-0.3, -0.25) is 4.79 Å². The van der Waals surface area contributed by atoms with Crippen molar-refractivity contribution in [1.29, 1.82) is 0 Å². The molecule has 0 aliphatic carbocycles. The first-order chi connectivity index (χ1) is 9.08. The number of carbonyl (C=O) groups is 1. The summed E-state index contributed by atoms with van der Waals surface area (Å²) in [6, 6.07) is 11.4. The molecule has 96 valence electrons. The second-order valence-corrected chi connectivity index (χ2v) is 5.36. The van der Waals surface area contributed by atoms with Gasteiger partial charge in [0.2, 0.25) is 5.78 Å². The largest absolute Gasteiger partial charge is 0.452 e. The molecule has 19 heavy (non-hydrogen) atoms. The summed E-state index contributed by atoms with van der Waals surface area (Å²) in [5.41, 5.74) is 0.726. The Morgan fingerprint density at radius 3 is 2.53 bits per heavy atom. The van der Waals surface area contributed by atoms with Crippen molar-refractivity contribution in [2.45, 2.75) is 13.8 Å². The lowest BCUT2D eigenvalue weighted by atomic mass is 10.1. The van der Waals surface area contributed by atoms with Crippen molar-refractivity contribution in [2.75, 3.05) is 0 Å². The maximum atomic E-state index is 12.0. The van der Waals surface area contributed by atoms with Crippen molar-refractivity contribution in [3.05, 3.63) is 47.2 Å². The minimum Gasteiger partial charge on any atom is -0.452 e. The zero-order valence-corrected chi connectivity index (χ0v) is 11.5. The first-order valence-electron chi connectivity index (χ1n) is 6.23. The molecule has 3 aromatic rings. The summed E-state index contributed by atoms with van der Waals surface area (Å²) in [5, 5.41) is 3.42. The van der Waals surface area contributed by atoms with Crippen LogP contribution in [-0.4, -0.2) is 5.78 Å². The molecular formula is C16H13ClO2. The Kier molecular flexibility index (Phi) is 2.83. The predicted octanol–water partition coefficient (Wildman–Crippen LogP) is 5.08. The van der Waals surface area contributed by atoms with E-state index in [0.29, 0.717) is 10.8 Å². The highest BCUT2D eigenvalue weighted by Crippen LogP contribution is 2.33. The summed E-state index contributed by atoms with van der Waals surface area (Å²) in [6.07, 6.45) is 0. The van der Waals surface area contributed by atoms with E-state index in [-0.39, 0.29) is 11.7 Å². The molecule has 3 rings (SSSR count). The van der Waals surface area contributed by atoms with Gasteiger partial charge >= 0.3 is 0 Å². The van der Waals surface area contributed by atoms with Gasteiger partial charge in [-0.2, -0.15) is 0 Å². The summed E-state index contributed by atoms with van der Waals surface area (Å²) < 4.78 is 5.75. The van der Waals surface area contributed by atoms with E-state index in [1.165, 1.54) is 0 Å². The average molecular weight is 273 g/mol. The summed E-state index contributed by atoms with van der Waals surface area (Å²) in [5.74, 6) is 0.330. The Morgan fingerprint density at radius 2 is 1.84 bits per heavy atom. The van der Waals surface area contributed by atoms with Crippen LogP contribution in [0.3, 0.4) is 0 Å². The van der Waals surface area contributed by atoms with Crippen LogP contribution in [0.2, 0.25) is 5.02 Å². The van der Waals surface area contributed by atoms with Crippen LogP contribution in [0.4, 0.5) is 0 Å². The van der Waals surface area contributed by atoms with Gasteiger partial charge in [0.1, 0.15) is 5.58 Å². The normalized spacial score (nSPS) is 11.6. The fourth-order valence-corrected chi connectivity index (χ4v) is 2.51. The van der Waals surface area contributed by atoms with Gasteiger partial charge < -0.3 is 4.42 Å². The van der Waals surface area contributed by atoms with Crippen LogP contribution in [0.15, 0.2) is 40.8 Å². The molecule has 3 heteroatoms. The lowest BCUT2D eigenvalue weighted by molar-refractivity contribution is 0.0913. The molecule has 2 nitrogen and oxygen atoms in total. The van der Waals surface area contributed by atoms with Gasteiger partial charge in [-0.05, 0) is 12.1 Å². The highest BCUT2D eigenvalue weighted by atomic mass is 35.5. The zero-order chi connectivity index (χ0) is 13.6. The third-order valence-corrected chi connectivity index (χ3v) is 3.55. The third kappa shape index (κ3) is 1.92. The molecule has 0 unspecified atom stereocenters. The van der Waals surface area contributed by atoms with E-state index in [1.54, 1.807) is 6.07 Å². The molecular weight excluding hydrogens is 260 g/mol. The number of carbonyl (C=O) groups excluding carboxylic acids is 1. The van der Waals surface area contributed by atoms with Crippen molar-refractivity contribution in [1.82, 2.24) is 0 Å². The Hall–Kier alpha value is -1.80. The van der Waals surface area contributed by atoms with Gasteiger partial charge in [0.25, 0.3) is 0 Å². The number of benzene rings is 2. The molecule has 0 aliphatic heterocycles. The van der Waals surface area contributed by atoms with Crippen molar-refractivity contribution < 1.29 is 9.21 Å². The number of hydrogen-bond donors (Lipinski definition) is 0. The van der Waals surface area contributed by atoms with Crippen LogP contribution in [0.1, 0.15) is 24.4 Å². The summed E-state index contributed by atoms with van der Waals surface area (Å²) in [4.78, 5) is 12.0. The monoisotopic (exact) mass is 272 g/mol. The number of furan rings is 1. The molecule has 0 radical (unpaired) electrons. The van der Waals surface area contributed by atoms with Crippen molar-refractivity contribution in [3.8, 4) is 0 Å². The molecule has 0 bridgehead atoms. The first kappa shape index (κ1) is 12.2. The molecule has 0 aliphatic rings. The van der Waals surface area contributed by atoms with Crippen LogP contribution in [0.5, 0.6) is 0 Å². The molecule has 0 fully saturated rings. The Labute approximate surface area is 116 Å². The van der Waals surface area contributed by atoms with Crippen LogP contribution in [0, 0.1) is 5.92 Å². The minimum atomic E-state index is -0.0812. The van der Waals surface area contributed by atoms with Gasteiger partial charge in [0.15, 0.2) is 5.76 Å². The van der Waals surface area contributed by atoms with Crippen LogP contribution in [0.25, 0.3) is 21.7 Å². The van der Waals surface area contributed by atoms with E-state index >= 15 is 0 Å². The molecule has 0 spiro atoms. The van der Waals surface area contributed by atoms with Gasteiger partial charge in [-0.25, -0.2) is 0 Å². The molecule has 0 amide bonds. The van der Waals surface area contributed by atoms with E-state index in [1.807, 2.05) is 44.2 Å². The van der Waals surface area contributed by atoms with Crippen LogP contribution < -0.4 is 0 Å². The molecule has 0 atom stereocenters. The molecule has 0 saturated carbocycles. The maximum Gasteiger partial charge on any atom is 0.200 e. The van der Waals surface area contributed by atoms with Gasteiger partial charge in [-0.1, -0.05) is 49.7 Å². The fourth-order valence-electron chi connectivity index (χ4n) is 2.23. The van der Waals surface area contributed by atoms with Gasteiger partial charge in [0.05, 0.1) is 0 Å². The van der Waals surface area contributed by atoms with E-state index in [2.05, 4.69) is 0 Å². The minimum absolute atomic E-state index is 0.0106. The van der Waals surface area contributed by atoms with Gasteiger partial charge in [-0.15, -0.1) is 0 Å². The third-order valence-electron chi connectivity index (χ3n) is 3.24. The Bertz CT molecular complexity index is 784. The quantitative estimate of drug-likeness (QED) is 0.609.